The average molecular weight is 262 g/mol. The third-order valence-corrected chi connectivity index (χ3v) is 2.19. The van der Waals surface area contributed by atoms with Crippen molar-refractivity contribution in [2.24, 2.45) is 0 Å². The molecule has 0 aromatic heterocycles. The highest BCUT2D eigenvalue weighted by Crippen LogP contribution is 2.14. The van der Waals surface area contributed by atoms with Crippen molar-refractivity contribution in [1.29, 1.82) is 0 Å². The van der Waals surface area contributed by atoms with Crippen LogP contribution in [0.3, 0.4) is 0 Å². The van der Waals surface area contributed by atoms with Crippen molar-refractivity contribution in [2.45, 2.75) is 6.04 Å². The van der Waals surface area contributed by atoms with Gasteiger partial charge in [0.1, 0.15) is 5.82 Å². The fourth-order valence-corrected chi connectivity index (χ4v) is 1.27. The van der Waals surface area contributed by atoms with Gasteiger partial charge in [-0.25, -0.2) is 9.18 Å². The second-order valence-corrected chi connectivity index (χ2v) is 3.61. The van der Waals surface area contributed by atoms with Gasteiger partial charge in [0.15, 0.2) is 6.04 Å². The van der Waals surface area contributed by atoms with Crippen molar-refractivity contribution < 1.29 is 24.2 Å². The van der Waals surface area contributed by atoms with Crippen LogP contribution in [0.25, 0.3) is 0 Å². The summed E-state index contributed by atoms with van der Waals surface area (Å²) < 4.78 is 13.2. The monoisotopic (exact) mass is 261 g/mol. The lowest BCUT2D eigenvalue weighted by Gasteiger charge is -2.12. The van der Waals surface area contributed by atoms with Crippen LogP contribution in [0.4, 0.5) is 4.39 Å². The summed E-state index contributed by atoms with van der Waals surface area (Å²) in [4.78, 5) is 22.1. The van der Waals surface area contributed by atoms with Gasteiger partial charge in [0.25, 0.3) is 5.91 Å². The Morgan fingerprint density at radius 2 is 2.12 bits per heavy atom. The first kappa shape index (κ1) is 13.4. The van der Waals surface area contributed by atoms with E-state index in [2.05, 4.69) is 0 Å². The smallest absolute Gasteiger partial charge is 0.328 e. The van der Waals surface area contributed by atoms with Gasteiger partial charge in [0.2, 0.25) is 0 Å². The molecule has 0 saturated heterocycles. The summed E-state index contributed by atoms with van der Waals surface area (Å²) in [5.41, 5.74) is -0.378. The number of nitrogens with one attached hydrogen (secondary N) is 1. The Labute approximate surface area is 101 Å². The summed E-state index contributed by atoms with van der Waals surface area (Å²) in [6, 6.07) is 1.84. The van der Waals surface area contributed by atoms with E-state index in [-0.39, 0.29) is 10.6 Å². The lowest BCUT2D eigenvalue weighted by atomic mass is 10.2. The molecule has 1 aromatic carbocycles. The maximum absolute atomic E-state index is 13.2. The van der Waals surface area contributed by atoms with E-state index in [1.54, 1.807) is 0 Å². The zero-order chi connectivity index (χ0) is 13.0. The third-order valence-electron chi connectivity index (χ3n) is 1.96. The normalized spacial score (nSPS) is 11.9. The van der Waals surface area contributed by atoms with Crippen LogP contribution in [0, 0.1) is 5.82 Å². The summed E-state index contributed by atoms with van der Waals surface area (Å²) in [7, 11) is 0. The van der Waals surface area contributed by atoms with Crippen molar-refractivity contribution in [2.75, 3.05) is 6.61 Å². The summed E-state index contributed by atoms with van der Waals surface area (Å²) >= 11 is 5.58. The Morgan fingerprint density at radius 1 is 1.47 bits per heavy atom. The Morgan fingerprint density at radius 3 is 2.65 bits per heavy atom. The summed E-state index contributed by atoms with van der Waals surface area (Å²) in [6.07, 6.45) is 0. The number of aliphatic carboxylic acids is 1. The summed E-state index contributed by atoms with van der Waals surface area (Å²) in [5.74, 6) is -3.19. The van der Waals surface area contributed by atoms with Gasteiger partial charge < -0.3 is 15.5 Å². The highest BCUT2D eigenvalue weighted by atomic mass is 35.5. The number of amides is 1. The van der Waals surface area contributed by atoms with Gasteiger partial charge >= 0.3 is 5.97 Å². The fourth-order valence-electron chi connectivity index (χ4n) is 1.09. The molecular weight excluding hydrogens is 253 g/mol. The second kappa shape index (κ2) is 5.60. The Kier molecular flexibility index (Phi) is 4.42. The first-order valence-electron chi connectivity index (χ1n) is 4.55. The van der Waals surface area contributed by atoms with Crippen LogP contribution in [0.1, 0.15) is 10.4 Å². The Hall–Kier alpha value is -1.66. The van der Waals surface area contributed by atoms with Gasteiger partial charge in [-0.05, 0) is 18.2 Å². The Balaban J connectivity index is 2.89. The number of rotatable bonds is 4. The van der Waals surface area contributed by atoms with Gasteiger partial charge in [0, 0.05) is 5.02 Å². The number of hydrogen-bond donors (Lipinski definition) is 3. The molecule has 5 nitrogen and oxygen atoms in total. The average Bonchev–Trinajstić information content (AvgIpc) is 2.28. The van der Waals surface area contributed by atoms with E-state index in [9.17, 15) is 14.0 Å². The molecule has 0 aliphatic heterocycles. The molecule has 1 atom stereocenters. The van der Waals surface area contributed by atoms with E-state index in [0.717, 1.165) is 12.1 Å². The van der Waals surface area contributed by atoms with Crippen molar-refractivity contribution in [3.8, 4) is 0 Å². The van der Waals surface area contributed by atoms with E-state index in [0.29, 0.717) is 0 Å². The van der Waals surface area contributed by atoms with Crippen LogP contribution in [0.5, 0.6) is 0 Å². The minimum absolute atomic E-state index is 0.146. The number of aliphatic hydroxyl groups excluding tert-OH is 1. The number of carboxylic acid groups (broad SMARTS) is 1. The molecule has 0 radical (unpaired) electrons. The van der Waals surface area contributed by atoms with Crippen molar-refractivity contribution in [3.05, 3.63) is 34.6 Å². The fraction of sp³-hybridized carbons (Fsp3) is 0.200. The van der Waals surface area contributed by atoms with Crippen LogP contribution in [0.15, 0.2) is 18.2 Å². The van der Waals surface area contributed by atoms with Gasteiger partial charge in [0.05, 0.1) is 12.2 Å². The minimum atomic E-state index is -1.49. The van der Waals surface area contributed by atoms with E-state index in [1.165, 1.54) is 6.07 Å². The number of carbonyl (C=O) groups excluding carboxylic acids is 1. The lowest BCUT2D eigenvalue weighted by molar-refractivity contribution is -0.140. The highest BCUT2D eigenvalue weighted by molar-refractivity contribution is 6.31. The van der Waals surface area contributed by atoms with Crippen LogP contribution >= 0.6 is 11.6 Å². The van der Waals surface area contributed by atoms with Crippen LogP contribution < -0.4 is 5.32 Å². The number of aliphatic hydroxyl groups is 1. The number of hydrogen-bond acceptors (Lipinski definition) is 3. The van der Waals surface area contributed by atoms with E-state index in [1.807, 2.05) is 5.32 Å². The highest BCUT2D eigenvalue weighted by Gasteiger charge is 2.21. The molecule has 0 aliphatic rings. The van der Waals surface area contributed by atoms with Crippen LogP contribution in [0.2, 0.25) is 5.02 Å². The number of carbonyl (C=O) groups is 2. The molecule has 1 amide bonds. The molecular formula is C10H9ClFNO4. The SMILES string of the molecule is O=C(NC(CO)C(=O)O)c1cc(Cl)ccc1F. The molecule has 0 aliphatic carbocycles. The molecule has 0 saturated carbocycles. The standard InChI is InChI=1S/C10H9ClFNO4/c11-5-1-2-7(12)6(3-5)9(15)13-8(4-14)10(16)17/h1-3,8,14H,4H2,(H,13,15)(H,16,17). The maximum atomic E-state index is 13.2. The zero-order valence-electron chi connectivity index (χ0n) is 8.48. The van der Waals surface area contributed by atoms with Crippen LogP contribution in [-0.2, 0) is 4.79 Å². The molecule has 1 aromatic rings. The molecule has 0 heterocycles. The van der Waals surface area contributed by atoms with E-state index in [4.69, 9.17) is 21.8 Å². The predicted molar refractivity (Wildman–Crippen MR) is 57.4 cm³/mol. The molecule has 17 heavy (non-hydrogen) atoms. The zero-order valence-corrected chi connectivity index (χ0v) is 9.24. The quantitative estimate of drug-likeness (QED) is 0.743. The van der Waals surface area contributed by atoms with Gasteiger partial charge in [-0.3, -0.25) is 4.79 Å². The summed E-state index contributed by atoms with van der Waals surface area (Å²) in [5, 5.41) is 19.4. The largest absolute Gasteiger partial charge is 0.480 e. The van der Waals surface area contributed by atoms with Crippen molar-refractivity contribution >= 4 is 23.5 Å². The minimum Gasteiger partial charge on any atom is -0.480 e. The van der Waals surface area contributed by atoms with E-state index < -0.39 is 30.3 Å². The number of carboxylic acids is 1. The lowest BCUT2D eigenvalue weighted by Crippen LogP contribution is -2.43. The van der Waals surface area contributed by atoms with Crippen molar-refractivity contribution in [1.82, 2.24) is 5.32 Å². The third kappa shape index (κ3) is 3.40. The molecule has 0 bridgehead atoms. The topological polar surface area (TPSA) is 86.6 Å². The number of halogens is 2. The number of benzene rings is 1. The molecule has 92 valence electrons. The summed E-state index contributed by atoms with van der Waals surface area (Å²) in [6.45, 7) is -0.788. The van der Waals surface area contributed by atoms with Crippen molar-refractivity contribution in [3.63, 3.8) is 0 Å². The first-order valence-corrected chi connectivity index (χ1v) is 4.93. The molecule has 0 fully saturated rings. The molecule has 1 unspecified atom stereocenters. The van der Waals surface area contributed by atoms with Crippen LogP contribution in [-0.4, -0.2) is 34.7 Å². The molecule has 3 N–H and O–H groups in total. The van der Waals surface area contributed by atoms with E-state index >= 15 is 0 Å². The second-order valence-electron chi connectivity index (χ2n) is 3.17. The Bertz CT molecular complexity index is 452. The molecule has 0 spiro atoms. The van der Waals surface area contributed by atoms with Gasteiger partial charge in [-0.1, -0.05) is 11.6 Å². The van der Waals surface area contributed by atoms with Gasteiger partial charge in [-0.2, -0.15) is 0 Å². The molecule has 7 heteroatoms. The predicted octanol–water partition coefficient (Wildman–Crippen LogP) is 0.654. The molecule has 1 rings (SSSR count). The first-order chi connectivity index (χ1) is 7.95. The maximum Gasteiger partial charge on any atom is 0.328 e. The van der Waals surface area contributed by atoms with Gasteiger partial charge in [-0.15, -0.1) is 0 Å².